The van der Waals surface area contributed by atoms with E-state index in [1.54, 1.807) is 0 Å². The van der Waals surface area contributed by atoms with Crippen LogP contribution in [0, 0.1) is 6.92 Å². The summed E-state index contributed by atoms with van der Waals surface area (Å²) in [6.07, 6.45) is 3.67. The Hall–Kier alpha value is -0.860. The molecule has 0 unspecified atom stereocenters. The van der Waals surface area contributed by atoms with Crippen LogP contribution in [0.3, 0.4) is 0 Å². The van der Waals surface area contributed by atoms with Crippen molar-refractivity contribution in [3.05, 3.63) is 35.4 Å². The van der Waals surface area contributed by atoms with Gasteiger partial charge < -0.3 is 10.6 Å². The summed E-state index contributed by atoms with van der Waals surface area (Å²) in [4.78, 5) is 2.34. The van der Waals surface area contributed by atoms with E-state index < -0.39 is 0 Å². The average Bonchev–Trinajstić information content (AvgIpc) is 2.19. The zero-order chi connectivity index (χ0) is 11.6. The quantitative estimate of drug-likeness (QED) is 0.840. The summed E-state index contributed by atoms with van der Waals surface area (Å²) in [6.45, 7) is 4.14. The second kappa shape index (κ2) is 4.56. The topological polar surface area (TPSA) is 29.3 Å². The lowest BCUT2D eigenvalue weighted by molar-refractivity contribution is 0.161. The van der Waals surface area contributed by atoms with Crippen LogP contribution in [0.4, 0.5) is 0 Å². The molecule has 2 nitrogen and oxygen atoms in total. The third kappa shape index (κ3) is 2.83. The predicted molar refractivity (Wildman–Crippen MR) is 68.3 cm³/mol. The van der Waals surface area contributed by atoms with Gasteiger partial charge >= 0.3 is 0 Å². The Kier molecular flexibility index (Phi) is 3.31. The highest BCUT2D eigenvalue weighted by atomic mass is 15.1. The van der Waals surface area contributed by atoms with E-state index in [9.17, 15) is 0 Å². The lowest BCUT2D eigenvalue weighted by Gasteiger charge is -2.41. The van der Waals surface area contributed by atoms with Gasteiger partial charge in [0.1, 0.15) is 0 Å². The first-order valence-electron chi connectivity index (χ1n) is 6.10. The van der Waals surface area contributed by atoms with Crippen LogP contribution in [0.2, 0.25) is 0 Å². The van der Waals surface area contributed by atoms with Crippen LogP contribution < -0.4 is 5.73 Å². The van der Waals surface area contributed by atoms with Gasteiger partial charge in [-0.2, -0.15) is 0 Å². The third-order valence-corrected chi connectivity index (χ3v) is 3.51. The Morgan fingerprint density at radius 1 is 1.25 bits per heavy atom. The number of hydrogen-bond donors (Lipinski definition) is 1. The molecule has 0 radical (unpaired) electrons. The summed E-state index contributed by atoms with van der Waals surface area (Å²) in [7, 11) is 2.16. The minimum Gasteiger partial charge on any atom is -0.324 e. The summed E-state index contributed by atoms with van der Waals surface area (Å²) >= 11 is 0. The number of likely N-dealkylation sites (N-methyl/N-ethyl adjacent to an activating group) is 1. The first-order chi connectivity index (χ1) is 7.57. The summed E-state index contributed by atoms with van der Waals surface area (Å²) in [5.74, 6) is 0. The van der Waals surface area contributed by atoms with E-state index in [1.165, 1.54) is 30.4 Å². The molecule has 2 heteroatoms. The molecule has 0 amide bonds. The molecule has 1 fully saturated rings. The summed E-state index contributed by atoms with van der Waals surface area (Å²) in [5, 5.41) is 0. The standard InChI is InChI=1S/C14H22N2/c1-12-4-6-13(7-5-12)10-16(2)11-14(15)8-3-9-14/h4-7H,3,8-11,15H2,1-2H3. The smallest absolute Gasteiger partial charge is 0.0283 e. The van der Waals surface area contributed by atoms with Crippen molar-refractivity contribution >= 4 is 0 Å². The molecule has 0 spiro atoms. The Morgan fingerprint density at radius 3 is 2.38 bits per heavy atom. The van der Waals surface area contributed by atoms with Gasteiger partial charge in [0.2, 0.25) is 0 Å². The molecule has 2 N–H and O–H groups in total. The van der Waals surface area contributed by atoms with Crippen molar-refractivity contribution in [1.29, 1.82) is 0 Å². The fourth-order valence-electron chi connectivity index (χ4n) is 2.39. The second-order valence-electron chi connectivity index (χ2n) is 5.37. The Morgan fingerprint density at radius 2 is 1.88 bits per heavy atom. The summed E-state index contributed by atoms with van der Waals surface area (Å²) < 4.78 is 0. The molecule has 1 aliphatic rings. The van der Waals surface area contributed by atoms with Crippen LogP contribution >= 0.6 is 0 Å². The second-order valence-corrected chi connectivity index (χ2v) is 5.37. The maximum Gasteiger partial charge on any atom is 0.0283 e. The Bertz CT molecular complexity index is 338. The van der Waals surface area contributed by atoms with Crippen LogP contribution in [0.15, 0.2) is 24.3 Å². The third-order valence-electron chi connectivity index (χ3n) is 3.51. The Balaban J connectivity index is 1.86. The first kappa shape index (κ1) is 11.6. The number of benzene rings is 1. The van der Waals surface area contributed by atoms with Gasteiger partial charge in [0.05, 0.1) is 0 Å². The van der Waals surface area contributed by atoms with Crippen molar-refractivity contribution in [2.24, 2.45) is 5.73 Å². The number of rotatable bonds is 4. The van der Waals surface area contributed by atoms with E-state index in [0.717, 1.165) is 13.1 Å². The average molecular weight is 218 g/mol. The van der Waals surface area contributed by atoms with Crippen LogP contribution in [0.25, 0.3) is 0 Å². The van der Waals surface area contributed by atoms with Crippen LogP contribution in [0.1, 0.15) is 30.4 Å². The van der Waals surface area contributed by atoms with E-state index in [-0.39, 0.29) is 5.54 Å². The highest BCUT2D eigenvalue weighted by molar-refractivity contribution is 5.21. The number of nitrogens with two attached hydrogens (primary N) is 1. The zero-order valence-corrected chi connectivity index (χ0v) is 10.4. The van der Waals surface area contributed by atoms with Crippen molar-refractivity contribution in [3.63, 3.8) is 0 Å². The largest absolute Gasteiger partial charge is 0.324 e. The minimum absolute atomic E-state index is 0.0967. The van der Waals surface area contributed by atoms with Crippen LogP contribution in [0.5, 0.6) is 0 Å². The van der Waals surface area contributed by atoms with Gasteiger partial charge in [-0.05, 0) is 38.8 Å². The SMILES string of the molecule is Cc1ccc(CN(C)CC2(N)CCC2)cc1. The Labute approximate surface area is 98.4 Å². The van der Waals surface area contributed by atoms with Crippen molar-refractivity contribution in [2.45, 2.75) is 38.3 Å². The normalized spacial score (nSPS) is 18.5. The van der Waals surface area contributed by atoms with Gasteiger partial charge in [-0.15, -0.1) is 0 Å². The molecule has 16 heavy (non-hydrogen) atoms. The predicted octanol–water partition coefficient (Wildman–Crippen LogP) is 2.31. The zero-order valence-electron chi connectivity index (χ0n) is 10.4. The molecule has 0 saturated heterocycles. The molecule has 1 aromatic carbocycles. The van der Waals surface area contributed by atoms with Crippen molar-refractivity contribution in [3.8, 4) is 0 Å². The first-order valence-corrected chi connectivity index (χ1v) is 6.10. The lowest BCUT2D eigenvalue weighted by Crippen LogP contribution is -2.54. The molecule has 1 aliphatic carbocycles. The van der Waals surface area contributed by atoms with E-state index >= 15 is 0 Å². The molecular formula is C14H22N2. The molecule has 0 aromatic heterocycles. The van der Waals surface area contributed by atoms with Crippen molar-refractivity contribution in [1.82, 2.24) is 4.90 Å². The maximum atomic E-state index is 6.24. The lowest BCUT2D eigenvalue weighted by atomic mass is 9.77. The molecule has 0 aliphatic heterocycles. The van der Waals surface area contributed by atoms with Crippen molar-refractivity contribution in [2.75, 3.05) is 13.6 Å². The van der Waals surface area contributed by atoms with Crippen LogP contribution in [-0.4, -0.2) is 24.0 Å². The van der Waals surface area contributed by atoms with Gasteiger partial charge in [-0.1, -0.05) is 29.8 Å². The van der Waals surface area contributed by atoms with E-state index in [2.05, 4.69) is 43.1 Å². The van der Waals surface area contributed by atoms with Crippen molar-refractivity contribution < 1.29 is 0 Å². The maximum absolute atomic E-state index is 6.24. The van der Waals surface area contributed by atoms with Gasteiger partial charge in [0.15, 0.2) is 0 Å². The number of aryl methyl sites for hydroxylation is 1. The highest BCUT2D eigenvalue weighted by Crippen LogP contribution is 2.29. The molecule has 0 atom stereocenters. The van der Waals surface area contributed by atoms with E-state index in [0.29, 0.717) is 0 Å². The summed E-state index contributed by atoms with van der Waals surface area (Å²) in [5.41, 5.74) is 9.03. The minimum atomic E-state index is 0.0967. The monoisotopic (exact) mass is 218 g/mol. The molecular weight excluding hydrogens is 196 g/mol. The number of hydrogen-bond acceptors (Lipinski definition) is 2. The van der Waals surface area contributed by atoms with Gasteiger partial charge in [-0.25, -0.2) is 0 Å². The summed E-state index contributed by atoms with van der Waals surface area (Å²) in [6, 6.07) is 8.75. The van der Waals surface area contributed by atoms with Gasteiger partial charge in [0, 0.05) is 18.6 Å². The highest BCUT2D eigenvalue weighted by Gasteiger charge is 2.33. The van der Waals surface area contributed by atoms with E-state index in [1.807, 2.05) is 0 Å². The van der Waals surface area contributed by atoms with Gasteiger partial charge in [0.25, 0.3) is 0 Å². The molecule has 2 rings (SSSR count). The molecule has 1 saturated carbocycles. The van der Waals surface area contributed by atoms with Gasteiger partial charge in [-0.3, -0.25) is 0 Å². The molecule has 0 heterocycles. The molecule has 0 bridgehead atoms. The van der Waals surface area contributed by atoms with E-state index in [4.69, 9.17) is 5.73 Å². The molecule has 88 valence electrons. The molecule has 1 aromatic rings. The fourth-order valence-corrected chi connectivity index (χ4v) is 2.39. The number of nitrogens with zero attached hydrogens (tertiary/aromatic N) is 1. The van der Waals surface area contributed by atoms with Crippen LogP contribution in [-0.2, 0) is 6.54 Å². The fraction of sp³-hybridized carbons (Fsp3) is 0.571.